The van der Waals surface area contributed by atoms with Crippen molar-refractivity contribution in [3.8, 4) is 5.75 Å². The van der Waals surface area contributed by atoms with Gasteiger partial charge in [-0.3, -0.25) is 0 Å². The Balaban J connectivity index is 2.50. The second kappa shape index (κ2) is 3.65. The standard InChI is InChI=1S/C12H18N2O/c1-9-6-7-13(2)11-5-4-10(15)8-12(11)14(9)3/h4-5,8-9,15H,6-7H2,1-3H3. The third-order valence-corrected chi connectivity index (χ3v) is 3.29. The van der Waals surface area contributed by atoms with E-state index in [0.29, 0.717) is 11.8 Å². The minimum atomic E-state index is 0.336. The second-order valence-electron chi connectivity index (χ2n) is 4.34. The van der Waals surface area contributed by atoms with Crippen molar-refractivity contribution >= 4 is 11.4 Å². The van der Waals surface area contributed by atoms with Crippen LogP contribution in [0.4, 0.5) is 11.4 Å². The van der Waals surface area contributed by atoms with E-state index in [1.807, 2.05) is 12.1 Å². The molecular weight excluding hydrogens is 188 g/mol. The smallest absolute Gasteiger partial charge is 0.117 e. The molecule has 1 N–H and O–H groups in total. The largest absolute Gasteiger partial charge is 0.508 e. The van der Waals surface area contributed by atoms with Crippen molar-refractivity contribution in [2.24, 2.45) is 0 Å². The lowest BCUT2D eigenvalue weighted by molar-refractivity contribution is 0.475. The fraction of sp³-hybridized carbons (Fsp3) is 0.500. The highest BCUT2D eigenvalue weighted by Gasteiger charge is 2.20. The van der Waals surface area contributed by atoms with Gasteiger partial charge in [0.1, 0.15) is 5.75 Å². The Kier molecular flexibility index (Phi) is 2.47. The SMILES string of the molecule is CC1CCN(C)c2ccc(O)cc2N1C. The summed E-state index contributed by atoms with van der Waals surface area (Å²) in [7, 11) is 4.18. The van der Waals surface area contributed by atoms with Crippen LogP contribution in [0, 0.1) is 0 Å². The van der Waals surface area contributed by atoms with Gasteiger partial charge in [0.05, 0.1) is 11.4 Å². The third-order valence-electron chi connectivity index (χ3n) is 3.29. The molecular formula is C12H18N2O. The fourth-order valence-corrected chi connectivity index (χ4v) is 2.05. The van der Waals surface area contributed by atoms with Gasteiger partial charge in [0.2, 0.25) is 0 Å². The molecule has 1 aliphatic heterocycles. The van der Waals surface area contributed by atoms with Crippen molar-refractivity contribution in [3.05, 3.63) is 18.2 Å². The monoisotopic (exact) mass is 206 g/mol. The maximum absolute atomic E-state index is 9.53. The predicted octanol–water partition coefficient (Wildman–Crippen LogP) is 2.06. The zero-order chi connectivity index (χ0) is 11.0. The van der Waals surface area contributed by atoms with Crippen molar-refractivity contribution in [2.75, 3.05) is 30.4 Å². The van der Waals surface area contributed by atoms with Gasteiger partial charge >= 0.3 is 0 Å². The molecule has 0 aliphatic carbocycles. The van der Waals surface area contributed by atoms with Gasteiger partial charge in [-0.15, -0.1) is 0 Å². The van der Waals surface area contributed by atoms with Crippen LogP contribution in [0.5, 0.6) is 5.75 Å². The van der Waals surface area contributed by atoms with Crippen LogP contribution in [0.3, 0.4) is 0 Å². The first-order valence-corrected chi connectivity index (χ1v) is 5.36. The number of hydrogen-bond donors (Lipinski definition) is 1. The highest BCUT2D eigenvalue weighted by atomic mass is 16.3. The summed E-state index contributed by atoms with van der Waals surface area (Å²) in [6.07, 6.45) is 1.14. The van der Waals surface area contributed by atoms with Crippen LogP contribution in [0.25, 0.3) is 0 Å². The topological polar surface area (TPSA) is 26.7 Å². The van der Waals surface area contributed by atoms with E-state index in [0.717, 1.165) is 18.7 Å². The van der Waals surface area contributed by atoms with E-state index >= 15 is 0 Å². The Labute approximate surface area is 90.9 Å². The summed E-state index contributed by atoms with van der Waals surface area (Å²) < 4.78 is 0. The van der Waals surface area contributed by atoms with Crippen LogP contribution in [-0.2, 0) is 0 Å². The summed E-state index contributed by atoms with van der Waals surface area (Å²) >= 11 is 0. The van der Waals surface area contributed by atoms with Gasteiger partial charge in [0, 0.05) is 32.7 Å². The average Bonchev–Trinajstić information content (AvgIpc) is 2.32. The van der Waals surface area contributed by atoms with E-state index < -0.39 is 0 Å². The number of hydrogen-bond acceptors (Lipinski definition) is 3. The lowest BCUT2D eigenvalue weighted by Gasteiger charge is -2.26. The van der Waals surface area contributed by atoms with E-state index in [2.05, 4.69) is 30.8 Å². The van der Waals surface area contributed by atoms with Crippen molar-refractivity contribution < 1.29 is 5.11 Å². The molecule has 0 bridgehead atoms. The molecule has 0 radical (unpaired) electrons. The lowest BCUT2D eigenvalue weighted by atomic mass is 10.2. The summed E-state index contributed by atoms with van der Waals surface area (Å²) in [5.74, 6) is 0.336. The summed E-state index contributed by atoms with van der Waals surface area (Å²) in [5, 5.41) is 9.53. The minimum absolute atomic E-state index is 0.336. The molecule has 0 saturated carbocycles. The molecule has 0 amide bonds. The van der Waals surface area contributed by atoms with E-state index in [-0.39, 0.29) is 0 Å². The van der Waals surface area contributed by atoms with Gasteiger partial charge in [-0.2, -0.15) is 0 Å². The van der Waals surface area contributed by atoms with E-state index in [1.54, 1.807) is 6.07 Å². The third kappa shape index (κ3) is 1.74. The second-order valence-corrected chi connectivity index (χ2v) is 4.34. The van der Waals surface area contributed by atoms with Crippen LogP contribution in [0.2, 0.25) is 0 Å². The zero-order valence-electron chi connectivity index (χ0n) is 9.57. The summed E-state index contributed by atoms with van der Waals surface area (Å²) in [6.45, 7) is 3.27. The molecule has 0 saturated heterocycles. The van der Waals surface area contributed by atoms with Crippen LogP contribution in [0.1, 0.15) is 13.3 Å². The molecule has 3 nitrogen and oxygen atoms in total. The Hall–Kier alpha value is -1.38. The molecule has 3 heteroatoms. The number of fused-ring (bicyclic) bond motifs is 1. The van der Waals surface area contributed by atoms with Gasteiger partial charge < -0.3 is 14.9 Å². The number of phenols is 1. The summed E-state index contributed by atoms with van der Waals surface area (Å²) in [6, 6.07) is 6.09. The van der Waals surface area contributed by atoms with Gasteiger partial charge in [-0.1, -0.05) is 0 Å². The predicted molar refractivity (Wildman–Crippen MR) is 63.9 cm³/mol. The van der Waals surface area contributed by atoms with E-state index in [1.165, 1.54) is 5.69 Å². The number of aromatic hydroxyl groups is 1. The molecule has 15 heavy (non-hydrogen) atoms. The average molecular weight is 206 g/mol. The van der Waals surface area contributed by atoms with Gasteiger partial charge in [0.15, 0.2) is 0 Å². The van der Waals surface area contributed by atoms with Gasteiger partial charge in [0.25, 0.3) is 0 Å². The Morgan fingerprint density at radius 2 is 2.00 bits per heavy atom. The molecule has 2 rings (SSSR count). The van der Waals surface area contributed by atoms with Crippen LogP contribution in [-0.4, -0.2) is 31.8 Å². The van der Waals surface area contributed by atoms with Crippen molar-refractivity contribution in [2.45, 2.75) is 19.4 Å². The molecule has 1 heterocycles. The van der Waals surface area contributed by atoms with Crippen LogP contribution < -0.4 is 9.80 Å². The first kappa shape index (κ1) is 10.1. The quantitative estimate of drug-likeness (QED) is 0.704. The first-order chi connectivity index (χ1) is 7.09. The number of phenolic OH excluding ortho intramolecular Hbond substituents is 1. The molecule has 1 aromatic rings. The van der Waals surface area contributed by atoms with E-state index in [9.17, 15) is 5.11 Å². The maximum atomic E-state index is 9.53. The highest BCUT2D eigenvalue weighted by molar-refractivity contribution is 5.73. The summed E-state index contributed by atoms with van der Waals surface area (Å²) in [4.78, 5) is 4.48. The lowest BCUT2D eigenvalue weighted by Crippen LogP contribution is -2.28. The fourth-order valence-electron chi connectivity index (χ4n) is 2.05. The van der Waals surface area contributed by atoms with Crippen molar-refractivity contribution in [3.63, 3.8) is 0 Å². The number of nitrogens with zero attached hydrogens (tertiary/aromatic N) is 2. The highest BCUT2D eigenvalue weighted by Crippen LogP contribution is 2.35. The van der Waals surface area contributed by atoms with Crippen molar-refractivity contribution in [1.29, 1.82) is 0 Å². The summed E-state index contributed by atoms with van der Waals surface area (Å²) in [5.41, 5.74) is 2.31. The number of benzene rings is 1. The molecule has 1 unspecified atom stereocenters. The number of rotatable bonds is 0. The van der Waals surface area contributed by atoms with E-state index in [4.69, 9.17) is 0 Å². The zero-order valence-corrected chi connectivity index (χ0v) is 9.57. The van der Waals surface area contributed by atoms with Gasteiger partial charge in [-0.25, -0.2) is 0 Å². The Bertz CT molecular complexity index is 365. The number of anilines is 2. The molecule has 82 valence electrons. The Morgan fingerprint density at radius 3 is 2.73 bits per heavy atom. The Morgan fingerprint density at radius 1 is 1.27 bits per heavy atom. The molecule has 0 fully saturated rings. The molecule has 1 atom stereocenters. The van der Waals surface area contributed by atoms with Gasteiger partial charge in [-0.05, 0) is 25.5 Å². The minimum Gasteiger partial charge on any atom is -0.508 e. The first-order valence-electron chi connectivity index (χ1n) is 5.36. The molecule has 1 aliphatic rings. The van der Waals surface area contributed by atoms with Crippen LogP contribution >= 0.6 is 0 Å². The normalized spacial score (nSPS) is 21.1. The van der Waals surface area contributed by atoms with Crippen molar-refractivity contribution in [1.82, 2.24) is 0 Å². The molecule has 0 aromatic heterocycles. The molecule has 0 spiro atoms. The molecule has 1 aromatic carbocycles. The van der Waals surface area contributed by atoms with Crippen LogP contribution in [0.15, 0.2) is 18.2 Å². The maximum Gasteiger partial charge on any atom is 0.117 e.